The Morgan fingerprint density at radius 1 is 1.08 bits per heavy atom. The Morgan fingerprint density at radius 2 is 1.71 bits per heavy atom. The maximum atomic E-state index is 12.9. The minimum absolute atomic E-state index is 0.0692. The summed E-state index contributed by atoms with van der Waals surface area (Å²) in [6.07, 6.45) is 0.991. The predicted octanol–water partition coefficient (Wildman–Crippen LogP) is 4.28. The van der Waals surface area contributed by atoms with Crippen LogP contribution in [0.3, 0.4) is 0 Å². The molecule has 0 saturated heterocycles. The summed E-state index contributed by atoms with van der Waals surface area (Å²) >= 11 is 0. The van der Waals surface area contributed by atoms with Gasteiger partial charge in [0.1, 0.15) is 11.6 Å². The largest absolute Gasteiger partial charge is 0.484 e. The molecular formula is C20H24FNO2. The van der Waals surface area contributed by atoms with Crippen molar-refractivity contribution in [2.75, 3.05) is 6.61 Å². The van der Waals surface area contributed by atoms with E-state index >= 15 is 0 Å². The van der Waals surface area contributed by atoms with E-state index in [1.165, 1.54) is 29.8 Å². The number of halogens is 1. The van der Waals surface area contributed by atoms with Crippen LogP contribution in [0.25, 0.3) is 0 Å². The van der Waals surface area contributed by atoms with Crippen LogP contribution in [0.1, 0.15) is 37.9 Å². The van der Waals surface area contributed by atoms with Crippen molar-refractivity contribution in [2.24, 2.45) is 5.92 Å². The quantitative estimate of drug-likeness (QED) is 0.823. The van der Waals surface area contributed by atoms with Gasteiger partial charge in [0.15, 0.2) is 6.61 Å². The average Bonchev–Trinajstić information content (AvgIpc) is 2.59. The highest BCUT2D eigenvalue weighted by atomic mass is 19.1. The Labute approximate surface area is 142 Å². The number of aryl methyl sites for hydroxylation is 1. The Balaban J connectivity index is 1.96. The molecule has 2 aromatic carbocycles. The van der Waals surface area contributed by atoms with Crippen LogP contribution in [-0.4, -0.2) is 12.5 Å². The van der Waals surface area contributed by atoms with E-state index in [4.69, 9.17) is 4.74 Å². The molecule has 24 heavy (non-hydrogen) atoms. The lowest BCUT2D eigenvalue weighted by Gasteiger charge is -2.23. The summed E-state index contributed by atoms with van der Waals surface area (Å²) < 4.78 is 18.3. The molecule has 0 aliphatic rings. The topological polar surface area (TPSA) is 38.3 Å². The lowest BCUT2D eigenvalue weighted by atomic mass is 9.95. The van der Waals surface area contributed by atoms with Gasteiger partial charge in [-0.1, -0.05) is 45.0 Å². The predicted molar refractivity (Wildman–Crippen MR) is 93.4 cm³/mol. The second-order valence-corrected chi connectivity index (χ2v) is 6.13. The van der Waals surface area contributed by atoms with Gasteiger partial charge in [0.2, 0.25) is 0 Å². The van der Waals surface area contributed by atoms with Crippen LogP contribution in [-0.2, 0) is 11.2 Å². The first kappa shape index (κ1) is 18.0. The van der Waals surface area contributed by atoms with Gasteiger partial charge in [0.05, 0.1) is 6.04 Å². The summed E-state index contributed by atoms with van der Waals surface area (Å²) in [7, 11) is 0. The molecule has 0 aliphatic heterocycles. The summed E-state index contributed by atoms with van der Waals surface area (Å²) in [4.78, 5) is 12.2. The van der Waals surface area contributed by atoms with Crippen LogP contribution >= 0.6 is 0 Å². The maximum Gasteiger partial charge on any atom is 0.258 e. The normalized spacial score (nSPS) is 12.0. The van der Waals surface area contributed by atoms with E-state index in [0.717, 1.165) is 12.0 Å². The van der Waals surface area contributed by atoms with E-state index in [1.54, 1.807) is 0 Å². The number of carbonyl (C=O) groups is 1. The van der Waals surface area contributed by atoms with E-state index in [1.807, 2.05) is 0 Å². The number of carbonyl (C=O) groups excluding carboxylic acids is 1. The zero-order valence-electron chi connectivity index (χ0n) is 14.4. The highest BCUT2D eigenvalue weighted by Gasteiger charge is 2.18. The fourth-order valence-corrected chi connectivity index (χ4v) is 2.49. The molecule has 0 radical (unpaired) electrons. The minimum atomic E-state index is -0.331. The third-order valence-electron chi connectivity index (χ3n) is 3.91. The standard InChI is InChI=1S/C20H24FNO2/c1-4-15-5-7-16(8-6-15)20(14(2)3)22-19(23)13-24-18-11-9-17(21)10-12-18/h5-12,14,20H,4,13H2,1-3H3,(H,22,23). The SMILES string of the molecule is CCc1ccc(C(NC(=O)COc2ccc(F)cc2)C(C)C)cc1. The number of rotatable bonds is 7. The number of nitrogens with one attached hydrogen (secondary N) is 1. The van der Waals surface area contributed by atoms with Gasteiger partial charge in [-0.2, -0.15) is 0 Å². The lowest BCUT2D eigenvalue weighted by molar-refractivity contribution is -0.124. The lowest BCUT2D eigenvalue weighted by Crippen LogP contribution is -2.35. The molecule has 0 bridgehead atoms. The monoisotopic (exact) mass is 329 g/mol. The van der Waals surface area contributed by atoms with E-state index in [-0.39, 0.29) is 30.3 Å². The molecule has 0 fully saturated rings. The molecule has 0 saturated carbocycles. The number of ether oxygens (including phenoxy) is 1. The summed E-state index contributed by atoms with van der Waals surface area (Å²) in [5.74, 6) is 0.201. The highest BCUT2D eigenvalue weighted by molar-refractivity contribution is 5.78. The molecule has 1 amide bonds. The molecule has 128 valence electrons. The van der Waals surface area contributed by atoms with E-state index < -0.39 is 0 Å². The summed E-state index contributed by atoms with van der Waals surface area (Å²) in [6.45, 7) is 6.16. The van der Waals surface area contributed by atoms with Gasteiger partial charge in [0.25, 0.3) is 5.91 Å². The van der Waals surface area contributed by atoms with Crippen molar-refractivity contribution in [1.29, 1.82) is 0 Å². The van der Waals surface area contributed by atoms with Crippen molar-refractivity contribution in [3.8, 4) is 5.75 Å². The second kappa shape index (κ2) is 8.48. The maximum absolute atomic E-state index is 12.9. The number of amides is 1. The Bertz CT molecular complexity index is 650. The molecule has 4 heteroatoms. The molecule has 3 nitrogen and oxygen atoms in total. The van der Waals surface area contributed by atoms with Crippen molar-refractivity contribution in [3.05, 3.63) is 65.5 Å². The van der Waals surface area contributed by atoms with Crippen LogP contribution < -0.4 is 10.1 Å². The first-order chi connectivity index (χ1) is 11.5. The molecule has 1 N–H and O–H groups in total. The van der Waals surface area contributed by atoms with Gasteiger partial charge in [-0.3, -0.25) is 4.79 Å². The fraction of sp³-hybridized carbons (Fsp3) is 0.350. The van der Waals surface area contributed by atoms with Gasteiger partial charge in [-0.25, -0.2) is 4.39 Å². The summed E-state index contributed by atoms with van der Waals surface area (Å²) in [6, 6.07) is 13.9. The zero-order valence-corrected chi connectivity index (χ0v) is 14.4. The van der Waals surface area contributed by atoms with Crippen LogP contribution in [0.5, 0.6) is 5.75 Å². The van der Waals surface area contributed by atoms with E-state index in [2.05, 4.69) is 50.4 Å². The molecule has 1 atom stereocenters. The smallest absolute Gasteiger partial charge is 0.258 e. The van der Waals surface area contributed by atoms with Crippen LogP contribution in [0.2, 0.25) is 0 Å². The van der Waals surface area contributed by atoms with Gasteiger partial charge < -0.3 is 10.1 Å². The molecule has 2 rings (SSSR count). The third kappa shape index (κ3) is 5.08. The van der Waals surface area contributed by atoms with Gasteiger partial charge in [-0.05, 0) is 47.7 Å². The molecule has 0 spiro atoms. The Kier molecular flexibility index (Phi) is 6.36. The fourth-order valence-electron chi connectivity index (χ4n) is 2.49. The van der Waals surface area contributed by atoms with Crippen LogP contribution in [0, 0.1) is 11.7 Å². The van der Waals surface area contributed by atoms with Gasteiger partial charge >= 0.3 is 0 Å². The number of benzene rings is 2. The first-order valence-electron chi connectivity index (χ1n) is 8.26. The van der Waals surface area contributed by atoms with E-state index in [0.29, 0.717) is 5.75 Å². The number of hydrogen-bond donors (Lipinski definition) is 1. The highest BCUT2D eigenvalue weighted by Crippen LogP contribution is 2.22. The molecule has 0 heterocycles. The molecule has 0 aliphatic carbocycles. The minimum Gasteiger partial charge on any atom is -0.484 e. The van der Waals surface area contributed by atoms with E-state index in [9.17, 15) is 9.18 Å². The summed E-state index contributed by atoms with van der Waals surface area (Å²) in [5.41, 5.74) is 2.35. The molecular weight excluding hydrogens is 305 g/mol. The van der Waals surface area contributed by atoms with Crippen LogP contribution in [0.15, 0.2) is 48.5 Å². The Hall–Kier alpha value is -2.36. The third-order valence-corrected chi connectivity index (χ3v) is 3.91. The first-order valence-corrected chi connectivity index (χ1v) is 8.26. The van der Waals surface area contributed by atoms with Crippen molar-refractivity contribution in [1.82, 2.24) is 5.32 Å². The Morgan fingerprint density at radius 3 is 2.25 bits per heavy atom. The number of hydrogen-bond acceptors (Lipinski definition) is 2. The molecule has 1 unspecified atom stereocenters. The summed E-state index contributed by atoms with van der Waals surface area (Å²) in [5, 5.41) is 3.01. The second-order valence-electron chi connectivity index (χ2n) is 6.13. The van der Waals surface area contributed by atoms with Crippen molar-refractivity contribution < 1.29 is 13.9 Å². The van der Waals surface area contributed by atoms with Crippen molar-refractivity contribution in [2.45, 2.75) is 33.2 Å². The van der Waals surface area contributed by atoms with Crippen LogP contribution in [0.4, 0.5) is 4.39 Å². The van der Waals surface area contributed by atoms with Gasteiger partial charge in [0, 0.05) is 0 Å². The zero-order chi connectivity index (χ0) is 17.5. The van der Waals surface area contributed by atoms with Crippen molar-refractivity contribution >= 4 is 5.91 Å². The average molecular weight is 329 g/mol. The van der Waals surface area contributed by atoms with Gasteiger partial charge in [-0.15, -0.1) is 0 Å². The van der Waals surface area contributed by atoms with Crippen molar-refractivity contribution in [3.63, 3.8) is 0 Å². The molecule has 0 aromatic heterocycles. The molecule has 2 aromatic rings.